The lowest BCUT2D eigenvalue weighted by Crippen LogP contribution is -2.24. The fraction of sp³-hybridized carbons (Fsp3) is 0.0952. The Hall–Kier alpha value is -3.07. The number of rotatable bonds is 1. The van der Waals surface area contributed by atoms with E-state index in [1.807, 2.05) is 6.07 Å². The molecule has 0 spiro atoms. The van der Waals surface area contributed by atoms with Crippen molar-refractivity contribution in [1.29, 1.82) is 0 Å². The minimum absolute atomic E-state index is 0.0437. The maximum Gasteiger partial charge on any atom is 0.145 e. The third-order valence-corrected chi connectivity index (χ3v) is 4.67. The molecule has 0 fully saturated rings. The molecule has 2 heterocycles. The number of nitrogens with zero attached hydrogens (tertiary/aromatic N) is 2. The van der Waals surface area contributed by atoms with E-state index < -0.39 is 0 Å². The second-order valence-electron chi connectivity index (χ2n) is 6.30. The molecule has 3 heteroatoms. The predicted octanol–water partition coefficient (Wildman–Crippen LogP) is 4.98. The van der Waals surface area contributed by atoms with Crippen LogP contribution in [0, 0.1) is 6.92 Å². The van der Waals surface area contributed by atoms with Crippen LogP contribution in [-0.2, 0) is 0 Å². The van der Waals surface area contributed by atoms with E-state index in [9.17, 15) is 0 Å². The van der Waals surface area contributed by atoms with Crippen molar-refractivity contribution in [2.45, 2.75) is 13.1 Å². The fourth-order valence-electron chi connectivity index (χ4n) is 3.58. The summed E-state index contributed by atoms with van der Waals surface area (Å²) in [4.78, 5) is 4.92. The number of hydrogen-bond acceptors (Lipinski definition) is 2. The molecule has 1 aromatic heterocycles. The Bertz CT molecular complexity index is 1060. The van der Waals surface area contributed by atoms with Gasteiger partial charge in [0.05, 0.1) is 11.0 Å². The highest BCUT2D eigenvalue weighted by atomic mass is 15.2. The molecule has 1 aliphatic heterocycles. The molecule has 4 aromatic rings. The number of anilines is 1. The number of hydrogen-bond donors (Lipinski definition) is 1. The van der Waals surface area contributed by atoms with Crippen LogP contribution >= 0.6 is 0 Å². The molecule has 0 aliphatic carbocycles. The van der Waals surface area contributed by atoms with Crippen LogP contribution in [0.25, 0.3) is 22.4 Å². The Labute approximate surface area is 140 Å². The molecule has 0 radical (unpaired) electrons. The summed E-state index contributed by atoms with van der Waals surface area (Å²) in [5.74, 6) is 1.03. The minimum Gasteiger partial charge on any atom is -0.361 e. The number of fused-ring (bicyclic) bond motifs is 5. The summed E-state index contributed by atoms with van der Waals surface area (Å²) in [6.07, 6.45) is 0.0437. The predicted molar refractivity (Wildman–Crippen MR) is 98.1 cm³/mol. The van der Waals surface area contributed by atoms with Crippen LogP contribution in [0.5, 0.6) is 0 Å². The van der Waals surface area contributed by atoms with Gasteiger partial charge in [0.25, 0.3) is 0 Å². The number of nitrogens with one attached hydrogen (secondary N) is 1. The first-order chi connectivity index (χ1) is 11.8. The Morgan fingerprint density at radius 3 is 2.67 bits per heavy atom. The fourth-order valence-corrected chi connectivity index (χ4v) is 3.58. The van der Waals surface area contributed by atoms with Crippen molar-refractivity contribution in [3.63, 3.8) is 0 Å². The van der Waals surface area contributed by atoms with Crippen LogP contribution in [0.15, 0.2) is 72.8 Å². The lowest BCUT2D eigenvalue weighted by atomic mass is 10.0. The zero-order valence-corrected chi connectivity index (χ0v) is 13.4. The van der Waals surface area contributed by atoms with E-state index in [1.54, 1.807) is 0 Å². The zero-order chi connectivity index (χ0) is 16.1. The summed E-state index contributed by atoms with van der Waals surface area (Å²) in [6.45, 7) is 2.13. The van der Waals surface area contributed by atoms with Gasteiger partial charge in [-0.1, -0.05) is 54.1 Å². The van der Waals surface area contributed by atoms with E-state index in [0.29, 0.717) is 0 Å². The molecular formula is C21H17N3. The summed E-state index contributed by atoms with van der Waals surface area (Å²) in [7, 11) is 0. The van der Waals surface area contributed by atoms with E-state index in [-0.39, 0.29) is 6.17 Å². The Balaban J connectivity index is 1.83. The highest BCUT2D eigenvalue weighted by Gasteiger charge is 2.27. The van der Waals surface area contributed by atoms with Crippen LogP contribution in [0.1, 0.15) is 17.3 Å². The topological polar surface area (TPSA) is 29.9 Å². The van der Waals surface area contributed by atoms with E-state index >= 15 is 0 Å². The number of aryl methyl sites for hydroxylation is 1. The van der Waals surface area contributed by atoms with Crippen LogP contribution in [0.4, 0.5) is 5.69 Å². The van der Waals surface area contributed by atoms with Gasteiger partial charge in [-0.15, -0.1) is 0 Å². The first-order valence-corrected chi connectivity index (χ1v) is 8.21. The molecule has 1 aliphatic rings. The van der Waals surface area contributed by atoms with Gasteiger partial charge in [-0.25, -0.2) is 4.98 Å². The van der Waals surface area contributed by atoms with Crippen molar-refractivity contribution in [3.8, 4) is 11.4 Å². The van der Waals surface area contributed by atoms with Gasteiger partial charge in [-0.05, 0) is 36.8 Å². The summed E-state index contributed by atoms with van der Waals surface area (Å²) >= 11 is 0. The Kier molecular flexibility index (Phi) is 2.77. The van der Waals surface area contributed by atoms with Crippen molar-refractivity contribution in [2.24, 2.45) is 0 Å². The number of imidazole rings is 1. The summed E-state index contributed by atoms with van der Waals surface area (Å²) in [5.41, 5.74) is 6.97. The van der Waals surface area contributed by atoms with Gasteiger partial charge in [-0.3, -0.25) is 4.57 Å². The molecule has 0 amide bonds. The highest BCUT2D eigenvalue weighted by molar-refractivity contribution is 5.86. The van der Waals surface area contributed by atoms with Crippen LogP contribution in [-0.4, -0.2) is 9.55 Å². The smallest absolute Gasteiger partial charge is 0.145 e. The first-order valence-electron chi connectivity index (χ1n) is 8.21. The molecule has 24 heavy (non-hydrogen) atoms. The highest BCUT2D eigenvalue weighted by Crippen LogP contribution is 2.40. The zero-order valence-electron chi connectivity index (χ0n) is 13.4. The van der Waals surface area contributed by atoms with E-state index in [1.165, 1.54) is 11.1 Å². The van der Waals surface area contributed by atoms with E-state index in [2.05, 4.69) is 83.5 Å². The van der Waals surface area contributed by atoms with Gasteiger partial charge >= 0.3 is 0 Å². The maximum atomic E-state index is 4.92. The van der Waals surface area contributed by atoms with Crippen molar-refractivity contribution in [2.75, 3.05) is 5.32 Å². The third-order valence-electron chi connectivity index (χ3n) is 4.67. The molecule has 5 rings (SSSR count). The number of benzene rings is 3. The van der Waals surface area contributed by atoms with Crippen LogP contribution < -0.4 is 5.32 Å². The average molecular weight is 311 g/mol. The van der Waals surface area contributed by atoms with Crippen LogP contribution in [0.3, 0.4) is 0 Å². The van der Waals surface area contributed by atoms with Gasteiger partial charge in [0.1, 0.15) is 12.0 Å². The van der Waals surface area contributed by atoms with Gasteiger partial charge in [-0.2, -0.15) is 0 Å². The SMILES string of the molecule is Cc1cccc([C@H]2Nc3ccccc3-c3nc4ccccc4n32)c1. The van der Waals surface area contributed by atoms with Crippen molar-refractivity contribution in [1.82, 2.24) is 9.55 Å². The monoisotopic (exact) mass is 311 g/mol. The van der Waals surface area contributed by atoms with Gasteiger partial charge in [0.2, 0.25) is 0 Å². The molecule has 1 atom stereocenters. The van der Waals surface area contributed by atoms with E-state index in [0.717, 1.165) is 28.1 Å². The second-order valence-corrected chi connectivity index (χ2v) is 6.30. The Morgan fingerprint density at radius 2 is 1.75 bits per heavy atom. The Morgan fingerprint density at radius 1 is 0.917 bits per heavy atom. The van der Waals surface area contributed by atoms with Gasteiger partial charge in [0, 0.05) is 11.3 Å². The van der Waals surface area contributed by atoms with Crippen LogP contribution in [0.2, 0.25) is 0 Å². The molecule has 116 valence electrons. The molecule has 3 nitrogen and oxygen atoms in total. The third kappa shape index (κ3) is 1.88. The second kappa shape index (κ2) is 4.96. The summed E-state index contributed by atoms with van der Waals surface area (Å²) < 4.78 is 2.31. The van der Waals surface area contributed by atoms with Gasteiger partial charge in [0.15, 0.2) is 0 Å². The summed E-state index contributed by atoms with van der Waals surface area (Å²) in [5, 5.41) is 3.70. The minimum atomic E-state index is 0.0437. The molecule has 0 bridgehead atoms. The first kappa shape index (κ1) is 13.4. The lowest BCUT2D eigenvalue weighted by Gasteiger charge is -2.30. The summed E-state index contributed by atoms with van der Waals surface area (Å²) in [6, 6.07) is 25.4. The molecular weight excluding hydrogens is 294 g/mol. The molecule has 0 unspecified atom stereocenters. The van der Waals surface area contributed by atoms with Crippen molar-refractivity contribution in [3.05, 3.63) is 83.9 Å². The number of para-hydroxylation sites is 3. The largest absolute Gasteiger partial charge is 0.361 e. The quantitative estimate of drug-likeness (QED) is 0.537. The normalized spacial score (nSPS) is 15.6. The van der Waals surface area contributed by atoms with E-state index in [4.69, 9.17) is 4.98 Å². The van der Waals surface area contributed by atoms with Crippen molar-refractivity contribution >= 4 is 16.7 Å². The van der Waals surface area contributed by atoms with Crippen molar-refractivity contribution < 1.29 is 0 Å². The number of aromatic nitrogens is 2. The molecule has 0 saturated heterocycles. The average Bonchev–Trinajstić information content (AvgIpc) is 3.01. The molecule has 1 N–H and O–H groups in total. The van der Waals surface area contributed by atoms with Gasteiger partial charge < -0.3 is 5.32 Å². The lowest BCUT2D eigenvalue weighted by molar-refractivity contribution is 0.668. The molecule has 3 aromatic carbocycles. The maximum absolute atomic E-state index is 4.92. The standard InChI is InChI=1S/C21H17N3/c1-14-7-6-8-15(13-14)20-22-17-10-3-2-9-16(17)21-23-18-11-4-5-12-19(18)24(20)21/h2-13,20,22H,1H3/t20-/m0/s1. The molecule has 0 saturated carbocycles.